The van der Waals surface area contributed by atoms with Gasteiger partial charge < -0.3 is 4.57 Å². The minimum Gasteiger partial charge on any atom is -0.330 e. The minimum absolute atomic E-state index is 0.460. The maximum Gasteiger partial charge on any atom is 0.124 e. The molecule has 2 aromatic rings. The molecule has 2 nitrogen and oxygen atoms in total. The Morgan fingerprint density at radius 1 is 1.54 bits per heavy atom. The number of hydrogen-bond donors (Lipinski definition) is 0. The number of imidazole rings is 1. The van der Waals surface area contributed by atoms with Crippen LogP contribution in [0.1, 0.15) is 5.82 Å². The zero-order chi connectivity index (χ0) is 9.42. The van der Waals surface area contributed by atoms with Gasteiger partial charge in [-0.15, -0.1) is 11.6 Å². The van der Waals surface area contributed by atoms with E-state index >= 15 is 0 Å². The number of rotatable bonds is 1. The summed E-state index contributed by atoms with van der Waals surface area (Å²) in [6.07, 6.45) is 0. The number of aryl methyl sites for hydroxylation is 1. The summed E-state index contributed by atoms with van der Waals surface area (Å²) in [7, 11) is 1.99. The molecule has 1 aromatic heterocycles. The molecule has 0 saturated carbocycles. The van der Waals surface area contributed by atoms with Crippen molar-refractivity contribution in [2.75, 3.05) is 0 Å². The van der Waals surface area contributed by atoms with Gasteiger partial charge in [0.2, 0.25) is 0 Å². The second kappa shape index (κ2) is 3.46. The standard InChI is InChI=1S/C9H8ClIN2/c1-13-8-3-2-6(11)4-7(8)12-9(13)5-10/h2-4H,5H2,1H3. The Bertz CT molecular complexity index is 450. The van der Waals surface area contributed by atoms with Crippen LogP contribution in [-0.4, -0.2) is 9.55 Å². The number of hydrogen-bond acceptors (Lipinski definition) is 1. The number of aromatic nitrogens is 2. The number of benzene rings is 1. The summed E-state index contributed by atoms with van der Waals surface area (Å²) in [5.41, 5.74) is 2.15. The second-order valence-corrected chi connectivity index (χ2v) is 4.37. The smallest absolute Gasteiger partial charge is 0.124 e. The van der Waals surface area contributed by atoms with Gasteiger partial charge in [0.25, 0.3) is 0 Å². The zero-order valence-corrected chi connectivity index (χ0v) is 10.0. The van der Waals surface area contributed by atoms with Crippen molar-refractivity contribution in [3.63, 3.8) is 0 Å². The topological polar surface area (TPSA) is 17.8 Å². The van der Waals surface area contributed by atoms with Crippen molar-refractivity contribution in [2.45, 2.75) is 5.88 Å². The lowest BCUT2D eigenvalue weighted by molar-refractivity contribution is 0.874. The molecule has 0 unspecified atom stereocenters. The first-order valence-corrected chi connectivity index (χ1v) is 5.50. The lowest BCUT2D eigenvalue weighted by Crippen LogP contribution is -1.93. The van der Waals surface area contributed by atoms with E-state index in [1.807, 2.05) is 11.6 Å². The van der Waals surface area contributed by atoms with Gasteiger partial charge in [0, 0.05) is 10.6 Å². The fourth-order valence-corrected chi connectivity index (χ4v) is 2.06. The molecule has 0 spiro atoms. The molecule has 2 rings (SSSR count). The van der Waals surface area contributed by atoms with Gasteiger partial charge in [0.15, 0.2) is 0 Å². The highest BCUT2D eigenvalue weighted by molar-refractivity contribution is 14.1. The maximum absolute atomic E-state index is 5.76. The highest BCUT2D eigenvalue weighted by Gasteiger charge is 2.05. The average Bonchev–Trinajstić information content (AvgIpc) is 2.42. The molecule has 1 heterocycles. The minimum atomic E-state index is 0.460. The van der Waals surface area contributed by atoms with E-state index in [1.165, 1.54) is 3.57 Å². The fourth-order valence-electron chi connectivity index (χ4n) is 1.34. The van der Waals surface area contributed by atoms with Crippen LogP contribution in [0, 0.1) is 3.57 Å². The van der Waals surface area contributed by atoms with Crippen molar-refractivity contribution in [1.29, 1.82) is 0 Å². The van der Waals surface area contributed by atoms with Crippen LogP contribution in [0.25, 0.3) is 11.0 Å². The third-order valence-electron chi connectivity index (χ3n) is 2.06. The van der Waals surface area contributed by atoms with Crippen LogP contribution in [0.5, 0.6) is 0 Å². The zero-order valence-electron chi connectivity index (χ0n) is 7.09. The summed E-state index contributed by atoms with van der Waals surface area (Å²) in [6, 6.07) is 6.20. The monoisotopic (exact) mass is 306 g/mol. The summed E-state index contributed by atoms with van der Waals surface area (Å²) in [5, 5.41) is 0. The third-order valence-corrected chi connectivity index (χ3v) is 2.97. The van der Waals surface area contributed by atoms with Crippen molar-refractivity contribution >= 4 is 45.2 Å². The number of alkyl halides is 1. The largest absolute Gasteiger partial charge is 0.330 e. The molecule has 0 radical (unpaired) electrons. The van der Waals surface area contributed by atoms with Crippen LogP contribution in [0.2, 0.25) is 0 Å². The third kappa shape index (κ3) is 1.55. The Kier molecular flexibility index (Phi) is 2.47. The molecular weight excluding hydrogens is 298 g/mol. The normalized spacial score (nSPS) is 11.0. The van der Waals surface area contributed by atoms with Crippen molar-refractivity contribution in [1.82, 2.24) is 9.55 Å². The van der Waals surface area contributed by atoms with Gasteiger partial charge in [-0.3, -0.25) is 0 Å². The molecule has 0 atom stereocenters. The molecule has 0 amide bonds. The summed E-state index contributed by atoms with van der Waals surface area (Å²) in [6.45, 7) is 0. The predicted octanol–water partition coefficient (Wildman–Crippen LogP) is 2.92. The van der Waals surface area contributed by atoms with Crippen LogP contribution < -0.4 is 0 Å². The van der Waals surface area contributed by atoms with Gasteiger partial charge in [-0.05, 0) is 40.8 Å². The highest BCUT2D eigenvalue weighted by Crippen LogP contribution is 2.18. The van der Waals surface area contributed by atoms with Crippen LogP contribution >= 0.6 is 34.2 Å². The van der Waals surface area contributed by atoms with Gasteiger partial charge in [-0.1, -0.05) is 0 Å². The van der Waals surface area contributed by atoms with Crippen LogP contribution in [-0.2, 0) is 12.9 Å². The molecule has 0 aliphatic rings. The maximum atomic E-state index is 5.76. The van der Waals surface area contributed by atoms with E-state index in [9.17, 15) is 0 Å². The van der Waals surface area contributed by atoms with E-state index in [2.05, 4.69) is 45.8 Å². The summed E-state index contributed by atoms with van der Waals surface area (Å²) < 4.78 is 3.22. The summed E-state index contributed by atoms with van der Waals surface area (Å²) in [4.78, 5) is 4.42. The second-order valence-electron chi connectivity index (χ2n) is 2.85. The number of fused-ring (bicyclic) bond motifs is 1. The van der Waals surface area contributed by atoms with Crippen molar-refractivity contribution in [3.8, 4) is 0 Å². The van der Waals surface area contributed by atoms with E-state index in [4.69, 9.17) is 11.6 Å². The number of nitrogens with zero attached hydrogens (tertiary/aromatic N) is 2. The van der Waals surface area contributed by atoms with E-state index in [1.54, 1.807) is 0 Å². The molecule has 4 heteroatoms. The van der Waals surface area contributed by atoms with Gasteiger partial charge in [-0.2, -0.15) is 0 Å². The van der Waals surface area contributed by atoms with Crippen LogP contribution in [0.3, 0.4) is 0 Å². The molecule has 68 valence electrons. The fraction of sp³-hybridized carbons (Fsp3) is 0.222. The molecule has 0 fully saturated rings. The Morgan fingerprint density at radius 2 is 2.31 bits per heavy atom. The Labute approximate surface area is 95.0 Å². The molecular formula is C9H8ClIN2. The SMILES string of the molecule is Cn1c(CCl)nc2cc(I)ccc21. The lowest BCUT2D eigenvalue weighted by atomic mass is 10.3. The Hall–Kier alpha value is -0.290. The quantitative estimate of drug-likeness (QED) is 0.585. The molecule has 0 N–H and O–H groups in total. The van der Waals surface area contributed by atoms with Gasteiger partial charge in [0.05, 0.1) is 16.9 Å². The molecule has 1 aromatic carbocycles. The Balaban J connectivity index is 2.76. The van der Waals surface area contributed by atoms with E-state index in [0.29, 0.717) is 5.88 Å². The first-order chi connectivity index (χ1) is 6.22. The van der Waals surface area contributed by atoms with Gasteiger partial charge in [0.1, 0.15) is 5.82 Å². The van der Waals surface area contributed by atoms with Gasteiger partial charge in [-0.25, -0.2) is 4.98 Å². The van der Waals surface area contributed by atoms with Crippen molar-refractivity contribution in [2.24, 2.45) is 7.05 Å². The first kappa shape index (κ1) is 9.27. The molecule has 0 bridgehead atoms. The first-order valence-electron chi connectivity index (χ1n) is 3.89. The number of halogens is 2. The van der Waals surface area contributed by atoms with E-state index < -0.39 is 0 Å². The summed E-state index contributed by atoms with van der Waals surface area (Å²) in [5.74, 6) is 1.38. The van der Waals surface area contributed by atoms with Crippen molar-refractivity contribution < 1.29 is 0 Å². The van der Waals surface area contributed by atoms with Crippen molar-refractivity contribution in [3.05, 3.63) is 27.6 Å². The van der Waals surface area contributed by atoms with Gasteiger partial charge >= 0.3 is 0 Å². The van der Waals surface area contributed by atoms with E-state index in [0.717, 1.165) is 16.9 Å². The van der Waals surface area contributed by atoms with E-state index in [-0.39, 0.29) is 0 Å². The molecule has 0 saturated heterocycles. The summed E-state index contributed by atoms with van der Waals surface area (Å²) >= 11 is 8.04. The highest BCUT2D eigenvalue weighted by atomic mass is 127. The molecule has 0 aliphatic heterocycles. The molecule has 0 aliphatic carbocycles. The average molecular weight is 307 g/mol. The Morgan fingerprint density at radius 3 is 3.00 bits per heavy atom. The molecule has 13 heavy (non-hydrogen) atoms. The lowest BCUT2D eigenvalue weighted by Gasteiger charge is -1.96. The predicted molar refractivity (Wildman–Crippen MR) is 63.0 cm³/mol. The van der Waals surface area contributed by atoms with Crippen LogP contribution in [0.15, 0.2) is 18.2 Å². The van der Waals surface area contributed by atoms with Crippen LogP contribution in [0.4, 0.5) is 0 Å².